The Kier molecular flexibility index (Phi) is 11.0. The van der Waals surface area contributed by atoms with Gasteiger partial charge in [0, 0.05) is 0 Å². The third-order valence-electron chi connectivity index (χ3n) is 6.33. The average Bonchev–Trinajstić information content (AvgIpc) is 2.86. The fourth-order valence-electron chi connectivity index (χ4n) is 4.31. The second kappa shape index (κ2) is 13.0. The second-order valence-electron chi connectivity index (χ2n) is 8.90. The van der Waals surface area contributed by atoms with Gasteiger partial charge in [-0.1, -0.05) is 0 Å². The molecule has 3 fully saturated rings. The highest BCUT2D eigenvalue weighted by Gasteiger charge is 2.55. The number of aliphatic hydroxyl groups excluding tert-OH is 10. The molecule has 3 rings (SSSR count). The molecule has 12 N–H and O–H groups in total. The lowest BCUT2D eigenvalue weighted by molar-refractivity contribution is -0.376. The Morgan fingerprint density at radius 1 is 0.553 bits per heavy atom. The Bertz CT molecular complexity index is 796. The number of hydrogen-bond donors (Lipinski definition) is 12. The summed E-state index contributed by atoms with van der Waals surface area (Å²) in [5, 5.41) is 99.7. The van der Waals surface area contributed by atoms with Crippen molar-refractivity contribution in [1.29, 1.82) is 0 Å². The topological polar surface area (TPSA) is 315 Å². The average molecular weight is 584 g/mol. The number of phosphoric ester groups is 1. The van der Waals surface area contributed by atoms with Crippen LogP contribution in [0.2, 0.25) is 0 Å². The van der Waals surface area contributed by atoms with Gasteiger partial charge in [-0.3, -0.25) is 4.52 Å². The fourth-order valence-corrected chi connectivity index (χ4v) is 4.86. The van der Waals surface area contributed by atoms with E-state index in [-0.39, 0.29) is 0 Å². The lowest BCUT2D eigenvalue weighted by atomic mass is 9.96. The summed E-state index contributed by atoms with van der Waals surface area (Å²) in [5.41, 5.74) is 0. The summed E-state index contributed by atoms with van der Waals surface area (Å²) in [7, 11) is -5.42. The first kappa shape index (κ1) is 32.0. The Balaban J connectivity index is 1.86. The minimum absolute atomic E-state index is 0.823. The Morgan fingerprint density at radius 2 is 1.05 bits per heavy atom. The van der Waals surface area contributed by atoms with Crippen LogP contribution < -0.4 is 0 Å². The summed E-state index contributed by atoms with van der Waals surface area (Å²) in [6.45, 7) is -2.66. The summed E-state index contributed by atoms with van der Waals surface area (Å²) < 4.78 is 42.7. The van der Waals surface area contributed by atoms with Crippen molar-refractivity contribution in [2.45, 2.75) is 92.1 Å². The molecule has 224 valence electrons. The van der Waals surface area contributed by atoms with Gasteiger partial charge in [0.25, 0.3) is 0 Å². The molecule has 0 bridgehead atoms. The molecule has 0 saturated carbocycles. The van der Waals surface area contributed by atoms with Crippen molar-refractivity contribution in [2.75, 3.05) is 19.8 Å². The van der Waals surface area contributed by atoms with E-state index in [0.29, 0.717) is 0 Å². The normalized spacial score (nSPS) is 48.7. The van der Waals surface area contributed by atoms with Crippen LogP contribution in [0.1, 0.15) is 0 Å². The first-order valence-corrected chi connectivity index (χ1v) is 12.9. The van der Waals surface area contributed by atoms with Gasteiger partial charge < -0.3 is 84.5 Å². The van der Waals surface area contributed by atoms with Gasteiger partial charge in [-0.25, -0.2) is 4.57 Å². The summed E-state index contributed by atoms with van der Waals surface area (Å²) in [6, 6.07) is 0. The van der Waals surface area contributed by atoms with Crippen molar-refractivity contribution in [1.82, 2.24) is 0 Å². The third-order valence-corrected chi connectivity index (χ3v) is 6.84. The van der Waals surface area contributed by atoms with Crippen molar-refractivity contribution in [2.24, 2.45) is 0 Å². The molecule has 0 aromatic heterocycles. The monoisotopic (exact) mass is 584 g/mol. The maximum absolute atomic E-state index is 11.6. The predicted molar refractivity (Wildman–Crippen MR) is 112 cm³/mol. The summed E-state index contributed by atoms with van der Waals surface area (Å²) >= 11 is 0. The predicted octanol–water partition coefficient (Wildman–Crippen LogP) is -7.46. The van der Waals surface area contributed by atoms with Gasteiger partial charge in [0.15, 0.2) is 18.9 Å². The molecule has 3 aliphatic heterocycles. The van der Waals surface area contributed by atoms with E-state index in [2.05, 4.69) is 4.52 Å². The van der Waals surface area contributed by atoms with Crippen molar-refractivity contribution in [3.05, 3.63) is 0 Å². The standard InChI is InChI=1S/C18H33O19P/c19-1-4-7(22)8(23)11(26)17(33-4)35-14-6(3-21)34-18(15(12(14)27)37-38(29,30)31)36-13-5(2-20)32-16(28)10(25)9(13)24/h4-28H,1-3H2,(H2,29,30,31)/t4-,5-,6-,7-,8+,9-,10-,11-,12+,13-,14-,15-,16+,17-,18-/m1/s1. The summed E-state index contributed by atoms with van der Waals surface area (Å²) in [4.78, 5) is 18.8. The van der Waals surface area contributed by atoms with Gasteiger partial charge >= 0.3 is 7.82 Å². The summed E-state index contributed by atoms with van der Waals surface area (Å²) in [5.74, 6) is 0. The van der Waals surface area contributed by atoms with Crippen molar-refractivity contribution in [3.8, 4) is 0 Å². The van der Waals surface area contributed by atoms with Crippen molar-refractivity contribution >= 4 is 7.82 Å². The Labute approximate surface area is 214 Å². The van der Waals surface area contributed by atoms with Crippen LogP contribution in [0, 0.1) is 0 Å². The highest BCUT2D eigenvalue weighted by atomic mass is 31.2. The smallest absolute Gasteiger partial charge is 0.394 e. The van der Waals surface area contributed by atoms with Gasteiger partial charge in [-0.15, -0.1) is 0 Å². The number of ether oxygens (including phenoxy) is 5. The number of rotatable bonds is 9. The zero-order valence-corrected chi connectivity index (χ0v) is 20.3. The van der Waals surface area contributed by atoms with Gasteiger partial charge in [0.1, 0.15) is 73.2 Å². The molecule has 0 unspecified atom stereocenters. The van der Waals surface area contributed by atoms with E-state index in [0.717, 1.165) is 0 Å². The van der Waals surface area contributed by atoms with Crippen LogP contribution in [0.3, 0.4) is 0 Å². The lowest BCUT2D eigenvalue weighted by Crippen LogP contribution is -2.66. The van der Waals surface area contributed by atoms with Gasteiger partial charge in [-0.2, -0.15) is 0 Å². The van der Waals surface area contributed by atoms with E-state index in [4.69, 9.17) is 23.7 Å². The molecular formula is C18H33O19P. The second-order valence-corrected chi connectivity index (χ2v) is 10.1. The molecule has 3 aliphatic rings. The maximum atomic E-state index is 11.6. The fraction of sp³-hybridized carbons (Fsp3) is 1.00. The molecule has 0 amide bonds. The zero-order valence-electron chi connectivity index (χ0n) is 19.5. The van der Waals surface area contributed by atoms with E-state index in [1.807, 2.05) is 0 Å². The molecule has 0 radical (unpaired) electrons. The van der Waals surface area contributed by atoms with E-state index in [1.165, 1.54) is 0 Å². The van der Waals surface area contributed by atoms with Crippen LogP contribution in [0.5, 0.6) is 0 Å². The first-order chi connectivity index (χ1) is 17.7. The largest absolute Gasteiger partial charge is 0.470 e. The SMILES string of the molecule is O=P(O)(O)O[C@H]1[C@@H](O[C@H]2[C@H](O)[C@@H](O)[C@@H](O)O[C@@H]2CO)O[C@H](CO)[C@@H](O[C@H]2O[C@H](CO)[C@@H](O)[C@H](O)[C@H]2O)[C@@H]1O. The molecule has 3 saturated heterocycles. The molecule has 0 aromatic carbocycles. The molecule has 0 aliphatic carbocycles. The minimum Gasteiger partial charge on any atom is -0.394 e. The number of phosphoric acid groups is 1. The van der Waals surface area contributed by atoms with Crippen molar-refractivity contribution in [3.63, 3.8) is 0 Å². The van der Waals surface area contributed by atoms with Crippen LogP contribution in [0.4, 0.5) is 0 Å². The quantitative estimate of drug-likeness (QED) is 0.112. The molecule has 20 heteroatoms. The Hall–Kier alpha value is -0.490. The van der Waals surface area contributed by atoms with Crippen molar-refractivity contribution < 1.29 is 93.6 Å². The zero-order chi connectivity index (χ0) is 28.5. The Morgan fingerprint density at radius 3 is 1.61 bits per heavy atom. The van der Waals surface area contributed by atoms with Gasteiger partial charge in [0.05, 0.1) is 19.8 Å². The van der Waals surface area contributed by atoms with Crippen LogP contribution in [0.15, 0.2) is 0 Å². The molecule has 38 heavy (non-hydrogen) atoms. The number of hydrogen-bond acceptors (Lipinski definition) is 17. The minimum atomic E-state index is -5.42. The molecular weight excluding hydrogens is 551 g/mol. The van der Waals surface area contributed by atoms with Crippen LogP contribution in [0.25, 0.3) is 0 Å². The third kappa shape index (κ3) is 6.86. The highest BCUT2D eigenvalue weighted by Crippen LogP contribution is 2.43. The highest BCUT2D eigenvalue weighted by molar-refractivity contribution is 7.46. The van der Waals surface area contributed by atoms with E-state index < -0.39 is 120 Å². The molecule has 19 nitrogen and oxygen atoms in total. The maximum Gasteiger partial charge on any atom is 0.470 e. The van der Waals surface area contributed by atoms with E-state index >= 15 is 0 Å². The van der Waals surface area contributed by atoms with Gasteiger partial charge in [0.2, 0.25) is 0 Å². The lowest BCUT2D eigenvalue weighted by Gasteiger charge is -2.48. The van der Waals surface area contributed by atoms with Gasteiger partial charge in [-0.05, 0) is 0 Å². The van der Waals surface area contributed by atoms with Crippen LogP contribution in [-0.2, 0) is 32.8 Å². The van der Waals surface area contributed by atoms with Crippen LogP contribution in [-0.4, -0.2) is 173 Å². The molecule has 3 heterocycles. The van der Waals surface area contributed by atoms with E-state index in [9.17, 15) is 65.4 Å². The van der Waals surface area contributed by atoms with Crippen LogP contribution >= 0.6 is 7.82 Å². The van der Waals surface area contributed by atoms with E-state index in [1.54, 1.807) is 0 Å². The molecule has 0 aromatic rings. The molecule has 15 atom stereocenters. The molecule has 0 spiro atoms. The first-order valence-electron chi connectivity index (χ1n) is 11.3. The number of aliphatic hydroxyl groups is 10. The summed E-state index contributed by atoms with van der Waals surface area (Å²) in [6.07, 6.45) is -27.7.